The van der Waals surface area contributed by atoms with Crippen LogP contribution in [0, 0.1) is 10.1 Å². The summed E-state index contributed by atoms with van der Waals surface area (Å²) in [5, 5.41) is 13.7. The molecule has 6 nitrogen and oxygen atoms in total. The number of rotatable bonds is 4. The molecule has 0 atom stereocenters. The molecule has 1 amide bonds. The zero-order valence-electron chi connectivity index (χ0n) is 11.7. The summed E-state index contributed by atoms with van der Waals surface area (Å²) in [6, 6.07) is 11.6. The van der Waals surface area contributed by atoms with E-state index >= 15 is 0 Å². The maximum atomic E-state index is 12.2. The molecule has 6 heteroatoms. The molecule has 2 aromatic carbocycles. The van der Waals surface area contributed by atoms with Gasteiger partial charge < -0.3 is 10.1 Å². The quantitative estimate of drug-likeness (QED) is 0.694. The van der Waals surface area contributed by atoms with Gasteiger partial charge in [0, 0.05) is 30.2 Å². The van der Waals surface area contributed by atoms with Crippen LogP contribution in [0.15, 0.2) is 42.5 Å². The number of carbonyl (C=O) groups excluding carboxylic acids is 1. The van der Waals surface area contributed by atoms with E-state index in [9.17, 15) is 14.9 Å². The first-order chi connectivity index (χ1) is 10.6. The Labute approximate surface area is 126 Å². The molecule has 1 heterocycles. The molecule has 0 saturated heterocycles. The minimum Gasteiger partial charge on any atom is -0.493 e. The van der Waals surface area contributed by atoms with Crippen LogP contribution in [0.25, 0.3) is 0 Å². The number of nitro groups is 1. The van der Waals surface area contributed by atoms with Crippen molar-refractivity contribution < 1.29 is 14.5 Å². The molecule has 1 aliphatic heterocycles. The van der Waals surface area contributed by atoms with Crippen molar-refractivity contribution in [3.05, 3.63) is 69.3 Å². The maximum Gasteiger partial charge on any atom is 0.274 e. The van der Waals surface area contributed by atoms with E-state index < -0.39 is 4.92 Å². The minimum absolute atomic E-state index is 0.00477. The lowest BCUT2D eigenvalue weighted by atomic mass is 10.1. The molecular weight excluding hydrogens is 284 g/mol. The summed E-state index contributed by atoms with van der Waals surface area (Å²) in [4.78, 5) is 22.7. The fourth-order valence-corrected chi connectivity index (χ4v) is 2.44. The number of carbonyl (C=O) groups is 1. The van der Waals surface area contributed by atoms with Crippen LogP contribution in [0.5, 0.6) is 5.75 Å². The molecular formula is C16H14N2O4. The molecule has 0 fully saturated rings. The maximum absolute atomic E-state index is 12.2. The average molecular weight is 298 g/mol. The number of amides is 1. The number of ether oxygens (including phenoxy) is 1. The number of hydrogen-bond donors (Lipinski definition) is 1. The summed E-state index contributed by atoms with van der Waals surface area (Å²) in [7, 11) is 0. The van der Waals surface area contributed by atoms with Crippen LogP contribution < -0.4 is 10.1 Å². The summed E-state index contributed by atoms with van der Waals surface area (Å²) in [6.45, 7) is 0.750. The monoisotopic (exact) mass is 298 g/mol. The van der Waals surface area contributed by atoms with Crippen LogP contribution >= 0.6 is 0 Å². The Hall–Kier alpha value is -2.89. The summed E-state index contributed by atoms with van der Waals surface area (Å²) >= 11 is 0. The number of nitrogens with zero attached hydrogens (tertiary/aromatic N) is 1. The van der Waals surface area contributed by atoms with Gasteiger partial charge in [-0.25, -0.2) is 0 Å². The van der Waals surface area contributed by atoms with Gasteiger partial charge in [0.15, 0.2) is 0 Å². The van der Waals surface area contributed by atoms with E-state index in [1.54, 1.807) is 36.4 Å². The van der Waals surface area contributed by atoms with Crippen LogP contribution in [0.3, 0.4) is 0 Å². The van der Waals surface area contributed by atoms with Gasteiger partial charge in [0.05, 0.1) is 11.5 Å². The van der Waals surface area contributed by atoms with Gasteiger partial charge in [-0.2, -0.15) is 0 Å². The first kappa shape index (κ1) is 14.1. The second kappa shape index (κ2) is 5.85. The van der Waals surface area contributed by atoms with Crippen LogP contribution in [0.2, 0.25) is 0 Å². The third-order valence-corrected chi connectivity index (χ3v) is 3.58. The Morgan fingerprint density at radius 1 is 1.27 bits per heavy atom. The lowest BCUT2D eigenvalue weighted by Crippen LogP contribution is -2.23. The van der Waals surface area contributed by atoms with Gasteiger partial charge in [-0.1, -0.05) is 18.2 Å². The largest absolute Gasteiger partial charge is 0.493 e. The molecule has 0 aromatic heterocycles. The van der Waals surface area contributed by atoms with E-state index in [0.717, 1.165) is 17.7 Å². The molecule has 1 aliphatic rings. The molecule has 0 saturated carbocycles. The Kier molecular flexibility index (Phi) is 3.74. The van der Waals surface area contributed by atoms with Gasteiger partial charge in [0.2, 0.25) is 0 Å². The number of nitro benzene ring substituents is 1. The lowest BCUT2D eigenvalue weighted by molar-refractivity contribution is -0.385. The molecule has 0 bridgehead atoms. The summed E-state index contributed by atoms with van der Waals surface area (Å²) in [5.41, 5.74) is 2.02. The van der Waals surface area contributed by atoms with E-state index in [1.807, 2.05) is 0 Å². The van der Waals surface area contributed by atoms with Crippen LogP contribution in [0.4, 0.5) is 5.69 Å². The standard InChI is InChI=1S/C16H14N2O4/c19-16(12-5-6-15-11(9-12)7-8-22-15)17-10-13-3-1-2-4-14(13)18(20)21/h1-6,9H,7-8,10H2,(H,17,19). The topological polar surface area (TPSA) is 81.5 Å². The predicted octanol–water partition coefficient (Wildman–Crippen LogP) is 2.46. The number of benzene rings is 2. The number of para-hydroxylation sites is 1. The number of nitrogens with one attached hydrogen (secondary N) is 1. The Balaban J connectivity index is 1.72. The Morgan fingerprint density at radius 3 is 2.91 bits per heavy atom. The Bertz CT molecular complexity index is 743. The van der Waals surface area contributed by atoms with Gasteiger partial charge in [-0.05, 0) is 23.8 Å². The van der Waals surface area contributed by atoms with E-state index in [0.29, 0.717) is 17.7 Å². The SMILES string of the molecule is O=C(NCc1ccccc1[N+](=O)[O-])c1ccc2c(c1)CCO2. The van der Waals surface area contributed by atoms with E-state index in [1.165, 1.54) is 6.07 Å². The van der Waals surface area contributed by atoms with Gasteiger partial charge in [0.1, 0.15) is 5.75 Å². The molecule has 112 valence electrons. The highest BCUT2D eigenvalue weighted by atomic mass is 16.6. The minimum atomic E-state index is -0.450. The lowest BCUT2D eigenvalue weighted by Gasteiger charge is -2.07. The van der Waals surface area contributed by atoms with Crippen molar-refractivity contribution in [2.24, 2.45) is 0 Å². The number of hydrogen-bond acceptors (Lipinski definition) is 4. The zero-order valence-corrected chi connectivity index (χ0v) is 11.7. The highest BCUT2D eigenvalue weighted by Crippen LogP contribution is 2.26. The second-order valence-electron chi connectivity index (χ2n) is 4.99. The summed E-state index contributed by atoms with van der Waals surface area (Å²) in [5.74, 6) is 0.558. The van der Waals surface area contributed by atoms with Crippen molar-refractivity contribution in [1.29, 1.82) is 0 Å². The van der Waals surface area contributed by atoms with Gasteiger partial charge in [-0.15, -0.1) is 0 Å². The van der Waals surface area contributed by atoms with Crippen molar-refractivity contribution in [1.82, 2.24) is 5.32 Å². The highest BCUT2D eigenvalue weighted by Gasteiger charge is 2.16. The van der Waals surface area contributed by atoms with Crippen molar-refractivity contribution in [2.45, 2.75) is 13.0 Å². The van der Waals surface area contributed by atoms with E-state index in [4.69, 9.17) is 4.74 Å². The van der Waals surface area contributed by atoms with Crippen molar-refractivity contribution in [3.8, 4) is 5.75 Å². The van der Waals surface area contributed by atoms with Crippen LogP contribution in [-0.4, -0.2) is 17.4 Å². The number of fused-ring (bicyclic) bond motifs is 1. The molecule has 2 aromatic rings. The molecule has 3 rings (SSSR count). The van der Waals surface area contributed by atoms with Crippen LogP contribution in [0.1, 0.15) is 21.5 Å². The smallest absolute Gasteiger partial charge is 0.274 e. The highest BCUT2D eigenvalue weighted by molar-refractivity contribution is 5.94. The molecule has 0 radical (unpaired) electrons. The van der Waals surface area contributed by atoms with Crippen LogP contribution in [-0.2, 0) is 13.0 Å². The normalized spacial score (nSPS) is 12.4. The summed E-state index contributed by atoms with van der Waals surface area (Å²) < 4.78 is 5.40. The first-order valence-corrected chi connectivity index (χ1v) is 6.91. The third kappa shape index (κ3) is 2.76. The van der Waals surface area contributed by atoms with Gasteiger partial charge in [-0.3, -0.25) is 14.9 Å². The van der Waals surface area contributed by atoms with Crippen molar-refractivity contribution in [2.75, 3.05) is 6.61 Å². The summed E-state index contributed by atoms with van der Waals surface area (Å²) in [6.07, 6.45) is 0.792. The third-order valence-electron chi connectivity index (χ3n) is 3.58. The zero-order chi connectivity index (χ0) is 15.5. The second-order valence-corrected chi connectivity index (χ2v) is 4.99. The molecule has 0 aliphatic carbocycles. The molecule has 1 N–H and O–H groups in total. The van der Waals surface area contributed by atoms with Gasteiger partial charge in [0.25, 0.3) is 11.6 Å². The van der Waals surface area contributed by atoms with E-state index in [-0.39, 0.29) is 18.1 Å². The molecule has 0 spiro atoms. The fourth-order valence-electron chi connectivity index (χ4n) is 2.44. The first-order valence-electron chi connectivity index (χ1n) is 6.91. The van der Waals surface area contributed by atoms with Gasteiger partial charge >= 0.3 is 0 Å². The van der Waals surface area contributed by atoms with E-state index in [2.05, 4.69) is 5.32 Å². The molecule has 0 unspecified atom stereocenters. The van der Waals surface area contributed by atoms with Crippen molar-refractivity contribution >= 4 is 11.6 Å². The average Bonchev–Trinajstić information content (AvgIpc) is 3.00. The van der Waals surface area contributed by atoms with Crippen molar-refractivity contribution in [3.63, 3.8) is 0 Å². The molecule has 22 heavy (non-hydrogen) atoms. The Morgan fingerprint density at radius 2 is 2.09 bits per heavy atom. The fraction of sp³-hybridized carbons (Fsp3) is 0.188. The predicted molar refractivity (Wildman–Crippen MR) is 79.9 cm³/mol.